The predicted molar refractivity (Wildman–Crippen MR) is 62.1 cm³/mol. The summed E-state index contributed by atoms with van der Waals surface area (Å²) in [6, 6.07) is 6.95. The molecule has 0 amide bonds. The standard InChI is InChI=1S/C12H15N3/c1-9-3-2-8-15(9)11-5-4-10-6-7-13-12(10)14-11/h4-7,9H,2-3,8H2,1H3,(H,13,14)/t9-/m0/s1. The summed E-state index contributed by atoms with van der Waals surface area (Å²) in [6.07, 6.45) is 4.50. The average molecular weight is 201 g/mol. The van der Waals surface area contributed by atoms with Gasteiger partial charge in [-0.05, 0) is 38.0 Å². The molecule has 0 unspecified atom stereocenters. The summed E-state index contributed by atoms with van der Waals surface area (Å²) in [5.74, 6) is 1.11. The second kappa shape index (κ2) is 3.26. The second-order valence-corrected chi connectivity index (χ2v) is 4.27. The minimum atomic E-state index is 0.630. The van der Waals surface area contributed by atoms with Crippen LogP contribution in [0.2, 0.25) is 0 Å². The fourth-order valence-corrected chi connectivity index (χ4v) is 2.35. The number of hydrogen-bond donors (Lipinski definition) is 1. The van der Waals surface area contributed by atoms with Gasteiger partial charge in [-0.3, -0.25) is 0 Å². The van der Waals surface area contributed by atoms with Crippen molar-refractivity contribution in [3.8, 4) is 0 Å². The zero-order chi connectivity index (χ0) is 10.3. The van der Waals surface area contributed by atoms with E-state index in [0.717, 1.165) is 18.0 Å². The van der Waals surface area contributed by atoms with Crippen LogP contribution in [0.1, 0.15) is 19.8 Å². The maximum absolute atomic E-state index is 4.64. The number of rotatable bonds is 1. The molecule has 0 bridgehead atoms. The lowest BCUT2D eigenvalue weighted by molar-refractivity contribution is 0.728. The summed E-state index contributed by atoms with van der Waals surface area (Å²) in [7, 11) is 0. The van der Waals surface area contributed by atoms with Gasteiger partial charge in [-0.1, -0.05) is 0 Å². The Kier molecular flexibility index (Phi) is 1.91. The van der Waals surface area contributed by atoms with E-state index in [0.29, 0.717) is 6.04 Å². The highest BCUT2D eigenvalue weighted by Crippen LogP contribution is 2.24. The first-order valence-electron chi connectivity index (χ1n) is 5.55. The molecule has 1 atom stereocenters. The lowest BCUT2D eigenvalue weighted by Gasteiger charge is -2.22. The molecule has 78 valence electrons. The smallest absolute Gasteiger partial charge is 0.139 e. The average Bonchev–Trinajstić information content (AvgIpc) is 2.84. The van der Waals surface area contributed by atoms with Crippen molar-refractivity contribution in [2.24, 2.45) is 0 Å². The van der Waals surface area contributed by atoms with Crippen LogP contribution in [0.3, 0.4) is 0 Å². The first-order chi connectivity index (χ1) is 7.34. The van der Waals surface area contributed by atoms with Crippen LogP contribution in [0.5, 0.6) is 0 Å². The van der Waals surface area contributed by atoms with Crippen molar-refractivity contribution in [2.45, 2.75) is 25.8 Å². The molecule has 2 aromatic heterocycles. The van der Waals surface area contributed by atoms with Crippen LogP contribution in [-0.2, 0) is 0 Å². The number of hydrogen-bond acceptors (Lipinski definition) is 2. The maximum atomic E-state index is 4.64. The molecule has 3 nitrogen and oxygen atoms in total. The molecule has 1 aliphatic rings. The third-order valence-electron chi connectivity index (χ3n) is 3.24. The van der Waals surface area contributed by atoms with Gasteiger partial charge in [0, 0.05) is 24.2 Å². The van der Waals surface area contributed by atoms with Gasteiger partial charge < -0.3 is 9.88 Å². The highest BCUT2D eigenvalue weighted by molar-refractivity contribution is 5.77. The Hall–Kier alpha value is -1.51. The largest absolute Gasteiger partial charge is 0.354 e. The summed E-state index contributed by atoms with van der Waals surface area (Å²) in [6.45, 7) is 3.41. The second-order valence-electron chi connectivity index (χ2n) is 4.27. The van der Waals surface area contributed by atoms with E-state index in [-0.39, 0.29) is 0 Å². The highest BCUT2D eigenvalue weighted by atomic mass is 15.2. The third-order valence-corrected chi connectivity index (χ3v) is 3.24. The number of aromatic amines is 1. The number of nitrogens with one attached hydrogen (secondary N) is 1. The molecule has 0 spiro atoms. The minimum Gasteiger partial charge on any atom is -0.354 e. The molecule has 0 radical (unpaired) electrons. The Balaban J connectivity index is 2.03. The molecule has 0 aromatic carbocycles. The Bertz CT molecular complexity index is 474. The molecule has 1 aliphatic heterocycles. The van der Waals surface area contributed by atoms with E-state index in [2.05, 4.69) is 40.0 Å². The number of pyridine rings is 1. The van der Waals surface area contributed by atoms with E-state index < -0.39 is 0 Å². The van der Waals surface area contributed by atoms with Gasteiger partial charge in [0.1, 0.15) is 11.5 Å². The molecule has 3 rings (SSSR count). The van der Waals surface area contributed by atoms with Crippen molar-refractivity contribution < 1.29 is 0 Å². The summed E-state index contributed by atoms with van der Waals surface area (Å²) < 4.78 is 0. The molecule has 3 heteroatoms. The number of H-pyrrole nitrogens is 1. The van der Waals surface area contributed by atoms with Crippen LogP contribution >= 0.6 is 0 Å². The van der Waals surface area contributed by atoms with Crippen molar-refractivity contribution >= 4 is 16.9 Å². The first-order valence-corrected chi connectivity index (χ1v) is 5.55. The van der Waals surface area contributed by atoms with Gasteiger partial charge in [-0.15, -0.1) is 0 Å². The van der Waals surface area contributed by atoms with Crippen molar-refractivity contribution in [2.75, 3.05) is 11.4 Å². The van der Waals surface area contributed by atoms with E-state index in [4.69, 9.17) is 0 Å². The van der Waals surface area contributed by atoms with Crippen LogP contribution < -0.4 is 4.90 Å². The highest BCUT2D eigenvalue weighted by Gasteiger charge is 2.21. The van der Waals surface area contributed by atoms with Gasteiger partial charge >= 0.3 is 0 Å². The Morgan fingerprint density at radius 3 is 3.13 bits per heavy atom. The Morgan fingerprint density at radius 2 is 2.33 bits per heavy atom. The molecule has 1 saturated heterocycles. The molecule has 2 aromatic rings. The van der Waals surface area contributed by atoms with Crippen molar-refractivity contribution in [1.29, 1.82) is 0 Å². The van der Waals surface area contributed by atoms with Gasteiger partial charge in [0.05, 0.1) is 0 Å². The number of fused-ring (bicyclic) bond motifs is 1. The van der Waals surface area contributed by atoms with E-state index in [1.807, 2.05) is 6.20 Å². The summed E-state index contributed by atoms with van der Waals surface area (Å²) in [5, 5.41) is 1.19. The van der Waals surface area contributed by atoms with E-state index in [1.165, 1.54) is 18.2 Å². The predicted octanol–water partition coefficient (Wildman–Crippen LogP) is 2.55. The fourth-order valence-electron chi connectivity index (χ4n) is 2.35. The van der Waals surface area contributed by atoms with Crippen LogP contribution in [0.25, 0.3) is 11.0 Å². The lowest BCUT2D eigenvalue weighted by Crippen LogP contribution is -2.26. The van der Waals surface area contributed by atoms with Gasteiger partial charge in [0.2, 0.25) is 0 Å². The molecule has 0 saturated carbocycles. The molecule has 1 fully saturated rings. The maximum Gasteiger partial charge on any atom is 0.139 e. The lowest BCUT2D eigenvalue weighted by atomic mass is 10.2. The monoisotopic (exact) mass is 201 g/mol. The number of anilines is 1. The first kappa shape index (κ1) is 8.77. The van der Waals surface area contributed by atoms with Gasteiger partial charge in [0.15, 0.2) is 0 Å². The van der Waals surface area contributed by atoms with E-state index in [9.17, 15) is 0 Å². The summed E-state index contributed by atoms with van der Waals surface area (Å²) >= 11 is 0. The van der Waals surface area contributed by atoms with Crippen LogP contribution in [-0.4, -0.2) is 22.6 Å². The van der Waals surface area contributed by atoms with E-state index in [1.54, 1.807) is 0 Å². The minimum absolute atomic E-state index is 0.630. The molecular formula is C12H15N3. The van der Waals surface area contributed by atoms with Crippen molar-refractivity contribution in [1.82, 2.24) is 9.97 Å². The quantitative estimate of drug-likeness (QED) is 0.769. The van der Waals surface area contributed by atoms with E-state index >= 15 is 0 Å². The summed E-state index contributed by atoms with van der Waals surface area (Å²) in [4.78, 5) is 10.2. The Morgan fingerprint density at radius 1 is 1.40 bits per heavy atom. The molecule has 0 aliphatic carbocycles. The van der Waals surface area contributed by atoms with Crippen LogP contribution in [0.15, 0.2) is 24.4 Å². The number of nitrogens with zero attached hydrogens (tertiary/aromatic N) is 2. The number of aromatic nitrogens is 2. The van der Waals surface area contributed by atoms with Crippen LogP contribution in [0.4, 0.5) is 5.82 Å². The fraction of sp³-hybridized carbons (Fsp3) is 0.417. The Labute approximate surface area is 89.1 Å². The van der Waals surface area contributed by atoms with Crippen molar-refractivity contribution in [3.05, 3.63) is 24.4 Å². The molecule has 15 heavy (non-hydrogen) atoms. The normalized spacial score (nSPS) is 21.4. The van der Waals surface area contributed by atoms with Crippen LogP contribution in [0, 0.1) is 0 Å². The van der Waals surface area contributed by atoms with Gasteiger partial charge in [-0.2, -0.15) is 0 Å². The van der Waals surface area contributed by atoms with Gasteiger partial charge in [0.25, 0.3) is 0 Å². The SMILES string of the molecule is C[C@H]1CCCN1c1ccc2cc[nH]c2n1. The topological polar surface area (TPSA) is 31.9 Å². The van der Waals surface area contributed by atoms with Gasteiger partial charge in [-0.25, -0.2) is 4.98 Å². The molecular weight excluding hydrogens is 186 g/mol. The zero-order valence-corrected chi connectivity index (χ0v) is 8.90. The molecule has 3 heterocycles. The third kappa shape index (κ3) is 1.39. The zero-order valence-electron chi connectivity index (χ0n) is 8.90. The summed E-state index contributed by atoms with van der Waals surface area (Å²) in [5.41, 5.74) is 0.992. The van der Waals surface area contributed by atoms with Crippen molar-refractivity contribution in [3.63, 3.8) is 0 Å². The molecule has 1 N–H and O–H groups in total.